The molecule has 0 aliphatic carbocycles. The van der Waals surface area contributed by atoms with E-state index in [1.165, 1.54) is 5.56 Å². The molecule has 1 aromatic rings. The Bertz CT molecular complexity index is 432. The van der Waals surface area contributed by atoms with Gasteiger partial charge in [0.2, 0.25) is 5.91 Å². The van der Waals surface area contributed by atoms with E-state index < -0.39 is 0 Å². The number of aryl methyl sites for hydroxylation is 1. The summed E-state index contributed by atoms with van der Waals surface area (Å²) in [6.45, 7) is 2.90. The molecule has 1 fully saturated rings. The van der Waals surface area contributed by atoms with Gasteiger partial charge in [0.1, 0.15) is 0 Å². The highest BCUT2D eigenvalue weighted by Crippen LogP contribution is 2.18. The number of rotatable bonds is 3. The van der Waals surface area contributed by atoms with E-state index >= 15 is 0 Å². The van der Waals surface area contributed by atoms with E-state index in [1.54, 1.807) is 0 Å². The molecule has 0 unspecified atom stereocenters. The fourth-order valence-electron chi connectivity index (χ4n) is 2.62. The number of carbonyl (C=O) groups excluding carboxylic acids is 1. The number of carbonyl (C=O) groups is 1. The molecule has 0 bridgehead atoms. The quantitative estimate of drug-likeness (QED) is 0.929. The van der Waals surface area contributed by atoms with Crippen LogP contribution in [0.3, 0.4) is 0 Å². The Kier molecular flexibility index (Phi) is 4.99. The highest BCUT2D eigenvalue weighted by molar-refractivity contribution is 9.10. The predicted molar refractivity (Wildman–Crippen MR) is 80.8 cm³/mol. The van der Waals surface area contributed by atoms with Crippen LogP contribution < -0.4 is 5.73 Å². The Morgan fingerprint density at radius 2 is 2.11 bits per heavy atom. The standard InChI is InChI=1S/C15H21BrN2O/c1-11-10-14(17)8-9-18(11)15(19)7-4-12-2-5-13(16)6-3-12/h2-3,5-6,11,14H,4,7-10,17H2,1H3/t11-,14-/m1/s1. The van der Waals surface area contributed by atoms with Crippen molar-refractivity contribution in [2.75, 3.05) is 6.54 Å². The first-order chi connectivity index (χ1) is 9.06. The molecule has 2 atom stereocenters. The van der Waals surface area contributed by atoms with Gasteiger partial charge in [-0.25, -0.2) is 0 Å². The van der Waals surface area contributed by atoms with Crippen LogP contribution in [0, 0.1) is 0 Å². The van der Waals surface area contributed by atoms with Crippen molar-refractivity contribution in [3.63, 3.8) is 0 Å². The first-order valence-corrected chi connectivity index (χ1v) is 7.65. The third kappa shape index (κ3) is 4.05. The molecule has 1 aliphatic rings. The molecule has 1 amide bonds. The van der Waals surface area contributed by atoms with Crippen LogP contribution in [0.25, 0.3) is 0 Å². The van der Waals surface area contributed by atoms with E-state index in [0.29, 0.717) is 6.42 Å². The molecule has 0 spiro atoms. The maximum atomic E-state index is 12.2. The zero-order chi connectivity index (χ0) is 13.8. The van der Waals surface area contributed by atoms with E-state index in [-0.39, 0.29) is 18.0 Å². The molecule has 4 heteroatoms. The average molecular weight is 325 g/mol. The lowest BCUT2D eigenvalue weighted by Gasteiger charge is -2.36. The summed E-state index contributed by atoms with van der Waals surface area (Å²) in [4.78, 5) is 14.2. The Morgan fingerprint density at radius 3 is 2.74 bits per heavy atom. The number of likely N-dealkylation sites (tertiary alicyclic amines) is 1. The second-order valence-electron chi connectivity index (χ2n) is 5.35. The number of nitrogens with two attached hydrogens (primary N) is 1. The summed E-state index contributed by atoms with van der Waals surface area (Å²) in [5, 5.41) is 0. The Balaban J connectivity index is 1.85. The number of piperidine rings is 1. The molecule has 0 radical (unpaired) electrons. The zero-order valence-corrected chi connectivity index (χ0v) is 12.9. The third-order valence-electron chi connectivity index (χ3n) is 3.78. The monoisotopic (exact) mass is 324 g/mol. The van der Waals surface area contributed by atoms with E-state index in [4.69, 9.17) is 5.73 Å². The van der Waals surface area contributed by atoms with Gasteiger partial charge in [-0.2, -0.15) is 0 Å². The topological polar surface area (TPSA) is 46.3 Å². The van der Waals surface area contributed by atoms with Crippen LogP contribution >= 0.6 is 15.9 Å². The number of benzene rings is 1. The zero-order valence-electron chi connectivity index (χ0n) is 11.3. The minimum Gasteiger partial charge on any atom is -0.340 e. The summed E-state index contributed by atoms with van der Waals surface area (Å²) in [5.41, 5.74) is 7.13. The highest BCUT2D eigenvalue weighted by Gasteiger charge is 2.26. The van der Waals surface area contributed by atoms with Gasteiger partial charge in [-0.1, -0.05) is 28.1 Å². The summed E-state index contributed by atoms with van der Waals surface area (Å²) in [6.07, 6.45) is 3.24. The number of nitrogens with zero attached hydrogens (tertiary/aromatic N) is 1. The molecule has 2 N–H and O–H groups in total. The van der Waals surface area contributed by atoms with Crippen LogP contribution in [0.2, 0.25) is 0 Å². The second-order valence-corrected chi connectivity index (χ2v) is 6.26. The summed E-state index contributed by atoms with van der Waals surface area (Å²) in [6, 6.07) is 8.69. The van der Waals surface area contributed by atoms with Crippen molar-refractivity contribution in [3.8, 4) is 0 Å². The number of halogens is 1. The molecular formula is C15H21BrN2O. The van der Waals surface area contributed by atoms with Crippen molar-refractivity contribution < 1.29 is 4.79 Å². The van der Waals surface area contributed by atoms with Gasteiger partial charge in [0.25, 0.3) is 0 Å². The van der Waals surface area contributed by atoms with Gasteiger partial charge in [0.05, 0.1) is 0 Å². The Hall–Kier alpha value is -0.870. The summed E-state index contributed by atoms with van der Waals surface area (Å²) in [7, 11) is 0. The normalized spacial score (nSPS) is 23.4. The minimum absolute atomic E-state index is 0.252. The van der Waals surface area contributed by atoms with Crippen molar-refractivity contribution in [1.29, 1.82) is 0 Å². The summed E-state index contributed by atoms with van der Waals surface area (Å²) in [5.74, 6) is 0.252. The lowest BCUT2D eigenvalue weighted by atomic mass is 9.98. The van der Waals surface area contributed by atoms with Gasteiger partial charge in [-0.05, 0) is 43.9 Å². The van der Waals surface area contributed by atoms with E-state index in [9.17, 15) is 4.79 Å². The van der Waals surface area contributed by atoms with Crippen molar-refractivity contribution in [3.05, 3.63) is 34.3 Å². The van der Waals surface area contributed by atoms with Crippen LogP contribution in [0.4, 0.5) is 0 Å². The lowest BCUT2D eigenvalue weighted by Crippen LogP contribution is -2.48. The molecule has 104 valence electrons. The van der Waals surface area contributed by atoms with Crippen molar-refractivity contribution >= 4 is 21.8 Å². The van der Waals surface area contributed by atoms with Crippen LogP contribution in [-0.4, -0.2) is 29.4 Å². The van der Waals surface area contributed by atoms with Crippen molar-refractivity contribution in [1.82, 2.24) is 4.90 Å². The fraction of sp³-hybridized carbons (Fsp3) is 0.533. The van der Waals surface area contributed by atoms with Gasteiger partial charge in [0, 0.05) is 29.5 Å². The Morgan fingerprint density at radius 1 is 1.42 bits per heavy atom. The van der Waals surface area contributed by atoms with Crippen LogP contribution in [-0.2, 0) is 11.2 Å². The molecule has 1 heterocycles. The lowest BCUT2D eigenvalue weighted by molar-refractivity contribution is -0.134. The molecule has 1 saturated heterocycles. The molecule has 3 nitrogen and oxygen atoms in total. The van der Waals surface area contributed by atoms with Gasteiger partial charge in [-0.3, -0.25) is 4.79 Å². The highest BCUT2D eigenvalue weighted by atomic mass is 79.9. The average Bonchev–Trinajstić information content (AvgIpc) is 2.37. The van der Waals surface area contributed by atoms with Gasteiger partial charge < -0.3 is 10.6 Å². The number of hydrogen-bond acceptors (Lipinski definition) is 2. The van der Waals surface area contributed by atoms with Gasteiger partial charge in [0.15, 0.2) is 0 Å². The fourth-order valence-corrected chi connectivity index (χ4v) is 2.89. The maximum Gasteiger partial charge on any atom is 0.223 e. The van der Waals surface area contributed by atoms with Crippen molar-refractivity contribution in [2.45, 2.75) is 44.7 Å². The first-order valence-electron chi connectivity index (χ1n) is 6.86. The van der Waals surface area contributed by atoms with Crippen LogP contribution in [0.15, 0.2) is 28.7 Å². The molecule has 2 rings (SSSR count). The van der Waals surface area contributed by atoms with Crippen molar-refractivity contribution in [2.24, 2.45) is 5.73 Å². The minimum atomic E-state index is 0.252. The Labute approximate surface area is 123 Å². The molecule has 19 heavy (non-hydrogen) atoms. The largest absolute Gasteiger partial charge is 0.340 e. The molecule has 0 saturated carbocycles. The van der Waals surface area contributed by atoms with Gasteiger partial charge >= 0.3 is 0 Å². The maximum absolute atomic E-state index is 12.2. The first kappa shape index (κ1) is 14.5. The summed E-state index contributed by atoms with van der Waals surface area (Å²) < 4.78 is 1.07. The smallest absolute Gasteiger partial charge is 0.223 e. The molecule has 0 aromatic heterocycles. The molecule has 1 aromatic carbocycles. The van der Waals surface area contributed by atoms with E-state index in [1.807, 2.05) is 17.0 Å². The van der Waals surface area contributed by atoms with Crippen LogP contribution in [0.1, 0.15) is 31.7 Å². The number of amides is 1. The van der Waals surface area contributed by atoms with E-state index in [0.717, 1.165) is 30.3 Å². The van der Waals surface area contributed by atoms with Gasteiger partial charge in [-0.15, -0.1) is 0 Å². The third-order valence-corrected chi connectivity index (χ3v) is 4.31. The predicted octanol–water partition coefficient (Wildman–Crippen LogP) is 2.72. The SMILES string of the molecule is C[C@@H]1C[C@H](N)CCN1C(=O)CCc1ccc(Br)cc1. The molecule has 1 aliphatic heterocycles. The van der Waals surface area contributed by atoms with E-state index in [2.05, 4.69) is 35.0 Å². The molecular weight excluding hydrogens is 304 g/mol. The summed E-state index contributed by atoms with van der Waals surface area (Å²) >= 11 is 3.41. The van der Waals surface area contributed by atoms with Crippen LogP contribution in [0.5, 0.6) is 0 Å². The number of hydrogen-bond donors (Lipinski definition) is 1. The second kappa shape index (κ2) is 6.53.